The Morgan fingerprint density at radius 1 is 1.00 bits per heavy atom. The van der Waals surface area contributed by atoms with Gasteiger partial charge in [-0.15, -0.1) is 0 Å². The Balaban J connectivity index is 1.19. The third-order valence-electron chi connectivity index (χ3n) is 6.74. The maximum atomic E-state index is 13.2. The highest BCUT2D eigenvalue weighted by molar-refractivity contribution is 7.89. The Morgan fingerprint density at radius 3 is 2.40 bits per heavy atom. The number of fused-ring (bicyclic) bond motifs is 1. The van der Waals surface area contributed by atoms with Gasteiger partial charge in [0, 0.05) is 37.1 Å². The van der Waals surface area contributed by atoms with Gasteiger partial charge < -0.3 is 9.88 Å². The molecule has 1 aromatic heterocycles. The number of nitrogens with one attached hydrogen (secondary N) is 1. The highest BCUT2D eigenvalue weighted by Gasteiger charge is 2.32. The van der Waals surface area contributed by atoms with Gasteiger partial charge >= 0.3 is 0 Å². The van der Waals surface area contributed by atoms with Crippen LogP contribution in [0.4, 0.5) is 0 Å². The largest absolute Gasteiger partial charge is 0.349 e. The van der Waals surface area contributed by atoms with E-state index >= 15 is 0 Å². The standard InChI is InChI=1S/C27H28N4O3S/c1-20(21-6-9-25(10-7-21)30-17-14-28-19-30)29-27(32)23-12-15-31(16-13-23)35(33,34)26-11-8-22-4-2-3-5-24(22)18-26/h2-11,14,17-20,23H,12-13,15-16H2,1H3,(H,29,32)/t20-/m1/s1. The lowest BCUT2D eigenvalue weighted by atomic mass is 9.96. The second-order valence-corrected chi connectivity index (χ2v) is 10.9. The first-order chi connectivity index (χ1) is 16.9. The van der Waals surface area contributed by atoms with Gasteiger partial charge in [0.1, 0.15) is 0 Å². The highest BCUT2D eigenvalue weighted by atomic mass is 32.2. The number of nitrogens with zero attached hydrogens (tertiary/aromatic N) is 3. The van der Waals surface area contributed by atoms with Crippen molar-refractivity contribution in [3.8, 4) is 5.69 Å². The molecule has 1 saturated heterocycles. The fourth-order valence-corrected chi connectivity index (χ4v) is 6.10. The molecule has 1 fully saturated rings. The van der Waals surface area contributed by atoms with Crippen molar-refractivity contribution in [3.05, 3.63) is 91.0 Å². The summed E-state index contributed by atoms with van der Waals surface area (Å²) in [7, 11) is -3.60. The summed E-state index contributed by atoms with van der Waals surface area (Å²) in [4.78, 5) is 17.3. The van der Waals surface area contributed by atoms with Crippen LogP contribution < -0.4 is 5.32 Å². The molecule has 0 saturated carbocycles. The second-order valence-electron chi connectivity index (χ2n) is 8.98. The molecule has 4 aromatic rings. The summed E-state index contributed by atoms with van der Waals surface area (Å²) in [5, 5.41) is 5.00. The van der Waals surface area contributed by atoms with Crippen molar-refractivity contribution in [3.63, 3.8) is 0 Å². The molecule has 3 aromatic carbocycles. The summed E-state index contributed by atoms with van der Waals surface area (Å²) in [6.07, 6.45) is 6.37. The van der Waals surface area contributed by atoms with Crippen LogP contribution in [-0.2, 0) is 14.8 Å². The fourth-order valence-electron chi connectivity index (χ4n) is 4.60. The van der Waals surface area contributed by atoms with Crippen LogP contribution in [0.5, 0.6) is 0 Å². The van der Waals surface area contributed by atoms with E-state index in [9.17, 15) is 13.2 Å². The van der Waals surface area contributed by atoms with Crippen molar-refractivity contribution < 1.29 is 13.2 Å². The zero-order chi connectivity index (χ0) is 24.4. The molecule has 2 heterocycles. The van der Waals surface area contributed by atoms with Crippen molar-refractivity contribution in [2.24, 2.45) is 5.92 Å². The normalized spacial score (nSPS) is 16.3. The zero-order valence-corrected chi connectivity index (χ0v) is 20.4. The Morgan fingerprint density at radius 2 is 1.71 bits per heavy atom. The molecule has 8 heteroatoms. The number of piperidine rings is 1. The Hall–Kier alpha value is -3.49. The van der Waals surface area contributed by atoms with Crippen molar-refractivity contribution in [1.82, 2.24) is 19.2 Å². The van der Waals surface area contributed by atoms with Gasteiger partial charge in [0.15, 0.2) is 0 Å². The van der Waals surface area contributed by atoms with Crippen LogP contribution in [0.1, 0.15) is 31.4 Å². The maximum absolute atomic E-state index is 13.2. The number of sulfonamides is 1. The van der Waals surface area contributed by atoms with Crippen molar-refractivity contribution in [2.45, 2.75) is 30.7 Å². The Bertz CT molecular complexity index is 1430. The van der Waals surface area contributed by atoms with Gasteiger partial charge in [-0.05, 0) is 60.4 Å². The predicted octanol–water partition coefficient (Wildman–Crippen LogP) is 4.30. The highest BCUT2D eigenvalue weighted by Crippen LogP contribution is 2.27. The summed E-state index contributed by atoms with van der Waals surface area (Å²) in [5.41, 5.74) is 2.02. The topological polar surface area (TPSA) is 84.3 Å². The first-order valence-corrected chi connectivity index (χ1v) is 13.2. The third-order valence-corrected chi connectivity index (χ3v) is 8.63. The van der Waals surface area contributed by atoms with E-state index in [0.29, 0.717) is 30.8 Å². The first kappa shape index (κ1) is 23.3. The van der Waals surface area contributed by atoms with Crippen molar-refractivity contribution in [1.29, 1.82) is 0 Å². The van der Waals surface area contributed by atoms with Crippen molar-refractivity contribution in [2.75, 3.05) is 13.1 Å². The molecule has 1 atom stereocenters. The summed E-state index contributed by atoms with van der Waals surface area (Å²) >= 11 is 0. The van der Waals surface area contributed by atoms with E-state index in [1.165, 1.54) is 4.31 Å². The second kappa shape index (κ2) is 9.64. The molecule has 35 heavy (non-hydrogen) atoms. The van der Waals surface area contributed by atoms with E-state index in [0.717, 1.165) is 22.0 Å². The molecule has 0 radical (unpaired) electrons. The molecule has 1 aliphatic heterocycles. The average molecular weight is 489 g/mol. The molecule has 0 bridgehead atoms. The average Bonchev–Trinajstić information content (AvgIpc) is 3.43. The van der Waals surface area contributed by atoms with Gasteiger partial charge in [-0.2, -0.15) is 4.31 Å². The quantitative estimate of drug-likeness (QED) is 0.439. The lowest BCUT2D eigenvalue weighted by Gasteiger charge is -2.31. The molecule has 0 aliphatic carbocycles. The molecule has 1 amide bonds. The van der Waals surface area contributed by atoms with E-state index < -0.39 is 10.0 Å². The number of benzene rings is 3. The molecule has 0 unspecified atom stereocenters. The number of rotatable bonds is 6. The zero-order valence-electron chi connectivity index (χ0n) is 19.5. The molecular formula is C27H28N4O3S. The number of imidazole rings is 1. The minimum absolute atomic E-state index is 0.0288. The van der Waals surface area contributed by atoms with E-state index in [4.69, 9.17) is 0 Å². The Kier molecular flexibility index (Phi) is 6.40. The molecule has 1 aliphatic rings. The molecule has 7 nitrogen and oxygen atoms in total. The number of carbonyl (C=O) groups is 1. The van der Waals surface area contributed by atoms with Gasteiger partial charge in [0.25, 0.3) is 0 Å². The lowest BCUT2D eigenvalue weighted by Crippen LogP contribution is -2.43. The summed E-state index contributed by atoms with van der Waals surface area (Å²) < 4.78 is 29.8. The number of carbonyl (C=O) groups excluding carboxylic acids is 1. The van der Waals surface area contributed by atoms with Gasteiger partial charge in [-0.3, -0.25) is 4.79 Å². The predicted molar refractivity (Wildman–Crippen MR) is 136 cm³/mol. The number of hydrogen-bond acceptors (Lipinski definition) is 4. The fraction of sp³-hybridized carbons (Fsp3) is 0.259. The SMILES string of the molecule is C[C@@H](NC(=O)C1CCN(S(=O)(=O)c2ccc3ccccc3c2)CC1)c1ccc(-n2ccnc2)cc1. The summed E-state index contributed by atoms with van der Waals surface area (Å²) in [6.45, 7) is 2.63. The first-order valence-electron chi connectivity index (χ1n) is 11.8. The van der Waals surface area contributed by atoms with E-state index in [-0.39, 0.29) is 17.9 Å². The van der Waals surface area contributed by atoms with Crippen LogP contribution in [0.3, 0.4) is 0 Å². The van der Waals surface area contributed by atoms with Gasteiger partial charge in [0.05, 0.1) is 17.3 Å². The third kappa shape index (κ3) is 4.85. The molecule has 5 rings (SSSR count). The molecular weight excluding hydrogens is 460 g/mol. The van der Waals surface area contributed by atoms with Crippen LogP contribution in [0.15, 0.2) is 90.3 Å². The minimum Gasteiger partial charge on any atom is -0.349 e. The minimum atomic E-state index is -3.60. The van der Waals surface area contributed by atoms with E-state index in [1.54, 1.807) is 24.7 Å². The van der Waals surface area contributed by atoms with E-state index in [2.05, 4.69) is 10.3 Å². The molecule has 180 valence electrons. The van der Waals surface area contributed by atoms with Gasteiger partial charge in [0.2, 0.25) is 15.9 Å². The summed E-state index contributed by atoms with van der Waals surface area (Å²) in [5.74, 6) is -0.232. The van der Waals surface area contributed by atoms with Crippen LogP contribution in [0, 0.1) is 5.92 Å². The number of aromatic nitrogens is 2. The lowest BCUT2D eigenvalue weighted by molar-refractivity contribution is -0.126. The summed E-state index contributed by atoms with van der Waals surface area (Å²) in [6, 6.07) is 20.8. The van der Waals surface area contributed by atoms with Crippen LogP contribution in [0.2, 0.25) is 0 Å². The van der Waals surface area contributed by atoms with Crippen LogP contribution in [0.25, 0.3) is 16.5 Å². The molecule has 0 spiro atoms. The smallest absolute Gasteiger partial charge is 0.243 e. The van der Waals surface area contributed by atoms with Crippen LogP contribution in [-0.4, -0.2) is 41.3 Å². The number of hydrogen-bond donors (Lipinski definition) is 1. The maximum Gasteiger partial charge on any atom is 0.243 e. The molecule has 1 N–H and O–H groups in total. The number of amides is 1. The van der Waals surface area contributed by atoms with Crippen LogP contribution >= 0.6 is 0 Å². The Labute approximate surface area is 205 Å². The van der Waals surface area contributed by atoms with Crippen molar-refractivity contribution >= 4 is 26.7 Å². The van der Waals surface area contributed by atoms with Gasteiger partial charge in [-0.25, -0.2) is 13.4 Å². The van der Waals surface area contributed by atoms with Gasteiger partial charge in [-0.1, -0.05) is 42.5 Å². The monoisotopic (exact) mass is 488 g/mol. The van der Waals surface area contributed by atoms with E-state index in [1.807, 2.05) is 72.3 Å².